The Morgan fingerprint density at radius 3 is 2.67 bits per heavy atom. The molecule has 0 spiro atoms. The van der Waals surface area contributed by atoms with Crippen molar-refractivity contribution in [3.05, 3.63) is 11.3 Å². The van der Waals surface area contributed by atoms with Crippen LogP contribution < -0.4 is 5.43 Å². The zero-order chi connectivity index (χ0) is 13.1. The van der Waals surface area contributed by atoms with Gasteiger partial charge in [-0.1, -0.05) is 34.1 Å². The van der Waals surface area contributed by atoms with Gasteiger partial charge >= 0.3 is 0 Å². The van der Waals surface area contributed by atoms with Gasteiger partial charge in [0.1, 0.15) is 0 Å². The highest BCUT2D eigenvalue weighted by Gasteiger charge is 2.39. The van der Waals surface area contributed by atoms with Crippen molar-refractivity contribution in [3.8, 4) is 0 Å². The molecule has 1 heterocycles. The Hall–Kier alpha value is -0.790. The van der Waals surface area contributed by atoms with E-state index in [2.05, 4.69) is 44.4 Å². The van der Waals surface area contributed by atoms with Gasteiger partial charge in [-0.3, -0.25) is 5.43 Å². The molecule has 0 aromatic carbocycles. The maximum atomic E-state index is 4.45. The minimum absolute atomic E-state index is 0.622. The summed E-state index contributed by atoms with van der Waals surface area (Å²) < 4.78 is 0. The van der Waals surface area contributed by atoms with Crippen LogP contribution in [0.5, 0.6) is 0 Å². The Morgan fingerprint density at radius 2 is 2.06 bits per heavy atom. The maximum absolute atomic E-state index is 4.45. The molecule has 0 aromatic rings. The lowest BCUT2D eigenvalue weighted by Crippen LogP contribution is -2.27. The molecule has 2 heteroatoms. The van der Waals surface area contributed by atoms with Crippen molar-refractivity contribution in [2.24, 2.45) is 28.8 Å². The SMILES string of the molecule is CCCC1CC(C)C2=C(C(CC)CC)NN=CC21. The fraction of sp³-hybridized carbons (Fsp3) is 0.812. The molecule has 1 saturated carbocycles. The first-order valence-corrected chi connectivity index (χ1v) is 7.75. The number of nitrogens with one attached hydrogen (secondary N) is 1. The van der Waals surface area contributed by atoms with Crippen molar-refractivity contribution in [1.82, 2.24) is 5.43 Å². The van der Waals surface area contributed by atoms with Gasteiger partial charge in [0.25, 0.3) is 0 Å². The molecule has 1 fully saturated rings. The fourth-order valence-electron chi connectivity index (χ4n) is 3.90. The van der Waals surface area contributed by atoms with E-state index in [1.807, 2.05) is 0 Å². The molecule has 3 unspecified atom stereocenters. The fourth-order valence-corrected chi connectivity index (χ4v) is 3.90. The number of nitrogens with zero attached hydrogens (tertiary/aromatic N) is 1. The third kappa shape index (κ3) is 2.34. The van der Waals surface area contributed by atoms with Gasteiger partial charge in [-0.25, -0.2) is 0 Å². The van der Waals surface area contributed by atoms with Gasteiger partial charge < -0.3 is 0 Å². The van der Waals surface area contributed by atoms with Crippen LogP contribution in [-0.2, 0) is 0 Å². The lowest BCUT2D eigenvalue weighted by molar-refractivity contribution is 0.437. The average Bonchev–Trinajstić information content (AvgIpc) is 2.69. The minimum Gasteiger partial charge on any atom is -0.283 e. The van der Waals surface area contributed by atoms with E-state index in [0.717, 1.165) is 11.8 Å². The highest BCUT2D eigenvalue weighted by molar-refractivity contribution is 5.68. The lowest BCUT2D eigenvalue weighted by Gasteiger charge is -2.28. The summed E-state index contributed by atoms with van der Waals surface area (Å²) in [6, 6.07) is 0. The molecular formula is C16H28N2. The monoisotopic (exact) mass is 248 g/mol. The van der Waals surface area contributed by atoms with E-state index in [1.165, 1.54) is 37.8 Å². The van der Waals surface area contributed by atoms with Crippen molar-refractivity contribution in [3.63, 3.8) is 0 Å². The van der Waals surface area contributed by atoms with E-state index in [1.54, 1.807) is 5.57 Å². The summed E-state index contributed by atoms with van der Waals surface area (Å²) >= 11 is 0. The summed E-state index contributed by atoms with van der Waals surface area (Å²) in [7, 11) is 0. The van der Waals surface area contributed by atoms with Gasteiger partial charge in [0.05, 0.1) is 0 Å². The first-order chi connectivity index (χ1) is 8.72. The normalized spacial score (nSPS) is 30.8. The molecule has 0 saturated heterocycles. The number of hydrazone groups is 1. The van der Waals surface area contributed by atoms with E-state index >= 15 is 0 Å². The highest BCUT2D eigenvalue weighted by atomic mass is 15.3. The Labute approximate surface area is 112 Å². The predicted molar refractivity (Wildman–Crippen MR) is 78.4 cm³/mol. The minimum atomic E-state index is 0.622. The first kappa shape index (κ1) is 13.6. The second-order valence-corrected chi connectivity index (χ2v) is 5.98. The van der Waals surface area contributed by atoms with E-state index in [9.17, 15) is 0 Å². The lowest BCUT2D eigenvalue weighted by atomic mass is 9.85. The largest absolute Gasteiger partial charge is 0.283 e. The van der Waals surface area contributed by atoms with E-state index in [-0.39, 0.29) is 0 Å². The van der Waals surface area contributed by atoms with E-state index in [4.69, 9.17) is 0 Å². The third-order valence-corrected chi connectivity index (χ3v) is 4.84. The summed E-state index contributed by atoms with van der Waals surface area (Å²) in [4.78, 5) is 0. The molecular weight excluding hydrogens is 220 g/mol. The molecule has 0 radical (unpaired) electrons. The summed E-state index contributed by atoms with van der Waals surface area (Å²) in [6.07, 6.45) is 8.60. The quantitative estimate of drug-likeness (QED) is 0.769. The number of fused-ring (bicyclic) bond motifs is 1. The highest BCUT2D eigenvalue weighted by Crippen LogP contribution is 2.46. The molecule has 18 heavy (non-hydrogen) atoms. The molecule has 2 nitrogen and oxygen atoms in total. The van der Waals surface area contributed by atoms with Crippen LogP contribution in [0.2, 0.25) is 0 Å². The number of hydrogen-bond acceptors (Lipinski definition) is 2. The van der Waals surface area contributed by atoms with Crippen molar-refractivity contribution < 1.29 is 0 Å². The van der Waals surface area contributed by atoms with Crippen molar-refractivity contribution in [1.29, 1.82) is 0 Å². The Balaban J connectivity index is 2.29. The molecule has 0 aromatic heterocycles. The second kappa shape index (κ2) is 5.90. The average molecular weight is 248 g/mol. The van der Waals surface area contributed by atoms with Crippen molar-refractivity contribution >= 4 is 6.21 Å². The predicted octanol–water partition coefficient (Wildman–Crippen LogP) is 4.34. The summed E-state index contributed by atoms with van der Waals surface area (Å²) in [5.41, 5.74) is 6.47. The summed E-state index contributed by atoms with van der Waals surface area (Å²) in [6.45, 7) is 9.29. The van der Waals surface area contributed by atoms with Crippen LogP contribution in [0.3, 0.4) is 0 Å². The smallest absolute Gasteiger partial charge is 0.0367 e. The zero-order valence-electron chi connectivity index (χ0n) is 12.4. The van der Waals surface area contributed by atoms with Crippen LogP contribution in [0.15, 0.2) is 16.4 Å². The molecule has 1 aliphatic carbocycles. The molecule has 3 atom stereocenters. The molecule has 102 valence electrons. The molecule has 1 N–H and O–H groups in total. The summed E-state index contributed by atoms with van der Waals surface area (Å²) in [5.74, 6) is 2.86. The van der Waals surface area contributed by atoms with Crippen molar-refractivity contribution in [2.75, 3.05) is 0 Å². The van der Waals surface area contributed by atoms with Crippen LogP contribution >= 0.6 is 0 Å². The molecule has 1 aliphatic heterocycles. The topological polar surface area (TPSA) is 24.4 Å². The van der Waals surface area contributed by atoms with E-state index < -0.39 is 0 Å². The van der Waals surface area contributed by atoms with Crippen LogP contribution in [0.4, 0.5) is 0 Å². The third-order valence-electron chi connectivity index (χ3n) is 4.84. The summed E-state index contributed by atoms with van der Waals surface area (Å²) in [5, 5.41) is 4.45. The molecule has 2 rings (SSSR count). The van der Waals surface area contributed by atoms with Crippen LogP contribution in [0, 0.1) is 23.7 Å². The van der Waals surface area contributed by atoms with Crippen LogP contribution in [0.25, 0.3) is 0 Å². The van der Waals surface area contributed by atoms with Crippen LogP contribution in [-0.4, -0.2) is 6.21 Å². The molecule has 0 amide bonds. The number of hydrogen-bond donors (Lipinski definition) is 1. The zero-order valence-corrected chi connectivity index (χ0v) is 12.4. The second-order valence-electron chi connectivity index (χ2n) is 5.98. The van der Waals surface area contributed by atoms with Crippen LogP contribution in [0.1, 0.15) is 59.8 Å². The van der Waals surface area contributed by atoms with Gasteiger partial charge in [0.15, 0.2) is 0 Å². The molecule has 2 aliphatic rings. The Kier molecular flexibility index (Phi) is 4.47. The first-order valence-electron chi connectivity index (χ1n) is 7.75. The number of allylic oxidation sites excluding steroid dienone is 2. The Morgan fingerprint density at radius 1 is 1.33 bits per heavy atom. The standard InChI is InChI=1S/C16H28N2/c1-5-8-13-9-11(4)15-14(13)10-17-18-16(15)12(6-2)7-3/h10-14,18H,5-9H2,1-4H3. The van der Waals surface area contributed by atoms with Gasteiger partial charge in [-0.2, -0.15) is 5.10 Å². The number of rotatable bonds is 5. The molecule has 0 bridgehead atoms. The maximum Gasteiger partial charge on any atom is 0.0367 e. The van der Waals surface area contributed by atoms with Gasteiger partial charge in [0, 0.05) is 23.7 Å². The van der Waals surface area contributed by atoms with Crippen molar-refractivity contribution in [2.45, 2.75) is 59.8 Å². The van der Waals surface area contributed by atoms with E-state index in [0.29, 0.717) is 11.8 Å². The Bertz CT molecular complexity index is 339. The van der Waals surface area contributed by atoms with Gasteiger partial charge in [-0.15, -0.1) is 0 Å². The van der Waals surface area contributed by atoms with Gasteiger partial charge in [0.2, 0.25) is 0 Å². The van der Waals surface area contributed by atoms with Gasteiger partial charge in [-0.05, 0) is 43.1 Å².